The lowest BCUT2D eigenvalue weighted by Crippen LogP contribution is -2.39. The number of para-hydroxylation sites is 1. The average molecular weight is 528 g/mol. The molecule has 7 nitrogen and oxygen atoms in total. The molecule has 190 valence electrons. The van der Waals surface area contributed by atoms with Gasteiger partial charge < -0.3 is 10.6 Å². The highest BCUT2D eigenvalue weighted by Crippen LogP contribution is 2.30. The molecule has 0 heterocycles. The first-order valence-corrected chi connectivity index (χ1v) is 13.5. The van der Waals surface area contributed by atoms with Crippen molar-refractivity contribution in [1.82, 2.24) is 5.32 Å². The van der Waals surface area contributed by atoms with Gasteiger partial charge in [0.25, 0.3) is 15.9 Å². The lowest BCUT2D eigenvalue weighted by atomic mass is 10.1. The fourth-order valence-corrected chi connectivity index (χ4v) is 5.22. The van der Waals surface area contributed by atoms with Gasteiger partial charge in [0, 0.05) is 11.6 Å². The molecule has 0 aliphatic heterocycles. The molecule has 0 unspecified atom stereocenters. The van der Waals surface area contributed by atoms with Gasteiger partial charge >= 0.3 is 0 Å². The Morgan fingerprint density at radius 1 is 0.972 bits per heavy atom. The molecule has 3 aromatic carbocycles. The van der Waals surface area contributed by atoms with Crippen LogP contribution in [0.15, 0.2) is 71.6 Å². The summed E-state index contributed by atoms with van der Waals surface area (Å²) in [5.74, 6) is -0.909. The maximum Gasteiger partial charge on any atom is 0.264 e. The third kappa shape index (κ3) is 6.65. The van der Waals surface area contributed by atoms with Gasteiger partial charge in [0.2, 0.25) is 5.91 Å². The number of halogens is 1. The van der Waals surface area contributed by atoms with Gasteiger partial charge in [-0.25, -0.2) is 8.42 Å². The van der Waals surface area contributed by atoms with Gasteiger partial charge in [0.05, 0.1) is 21.8 Å². The number of hydrogen-bond donors (Lipinski definition) is 2. The summed E-state index contributed by atoms with van der Waals surface area (Å²) in [4.78, 5) is 25.9. The van der Waals surface area contributed by atoms with Crippen LogP contribution in [0.2, 0.25) is 5.02 Å². The van der Waals surface area contributed by atoms with Gasteiger partial charge in [0.1, 0.15) is 6.54 Å². The van der Waals surface area contributed by atoms with E-state index < -0.39 is 22.5 Å². The highest BCUT2D eigenvalue weighted by atomic mass is 35.5. The number of rotatable bonds is 10. The molecule has 0 aliphatic carbocycles. The van der Waals surface area contributed by atoms with Gasteiger partial charge in [-0.05, 0) is 62.2 Å². The van der Waals surface area contributed by atoms with Gasteiger partial charge in [-0.15, -0.1) is 0 Å². The molecule has 0 spiro atoms. The number of carbonyl (C=O) groups excluding carboxylic acids is 2. The van der Waals surface area contributed by atoms with Crippen LogP contribution >= 0.6 is 11.6 Å². The molecule has 0 saturated heterocycles. The quantitative estimate of drug-likeness (QED) is 0.349. The Hall–Kier alpha value is -3.36. The number of hydrogen-bond acceptors (Lipinski definition) is 4. The Morgan fingerprint density at radius 3 is 2.36 bits per heavy atom. The molecule has 0 aliphatic rings. The van der Waals surface area contributed by atoms with E-state index in [2.05, 4.69) is 10.6 Å². The topological polar surface area (TPSA) is 95.6 Å². The predicted molar refractivity (Wildman–Crippen MR) is 144 cm³/mol. The minimum atomic E-state index is -4.10. The van der Waals surface area contributed by atoms with Crippen molar-refractivity contribution in [2.45, 2.75) is 38.5 Å². The standard InChI is InChI=1S/C27H30ClN3O4S/c1-4-5-16-29-27(33)23-8-6-7-9-24(23)30-26(32)18-31(25-17-21(28)13-12-20(25)3)36(34,35)22-14-10-19(2)11-15-22/h6-15,17H,4-5,16,18H2,1-3H3,(H,29,33)(H,30,32). The third-order valence-corrected chi connectivity index (χ3v) is 7.61. The summed E-state index contributed by atoms with van der Waals surface area (Å²) in [6, 6.07) is 17.9. The SMILES string of the molecule is CCCCNC(=O)c1ccccc1NC(=O)CN(c1cc(Cl)ccc1C)S(=O)(=O)c1ccc(C)cc1. The Morgan fingerprint density at radius 2 is 1.67 bits per heavy atom. The van der Waals surface area contributed by atoms with Crippen LogP contribution in [0.1, 0.15) is 41.3 Å². The Kier molecular flexibility index (Phi) is 9.12. The van der Waals surface area contributed by atoms with Crippen molar-refractivity contribution >= 4 is 44.8 Å². The molecule has 0 fully saturated rings. The summed E-state index contributed by atoms with van der Waals surface area (Å²) >= 11 is 6.19. The zero-order chi connectivity index (χ0) is 26.3. The smallest absolute Gasteiger partial charge is 0.264 e. The average Bonchev–Trinajstić information content (AvgIpc) is 2.85. The molecule has 0 radical (unpaired) electrons. The lowest BCUT2D eigenvalue weighted by molar-refractivity contribution is -0.114. The van der Waals surface area contributed by atoms with Crippen molar-refractivity contribution in [1.29, 1.82) is 0 Å². The predicted octanol–water partition coefficient (Wildman–Crippen LogP) is 5.32. The van der Waals surface area contributed by atoms with Crippen LogP contribution in [-0.2, 0) is 14.8 Å². The molecule has 3 aromatic rings. The number of amides is 2. The van der Waals surface area contributed by atoms with Crippen LogP contribution in [0.25, 0.3) is 0 Å². The number of anilines is 2. The van der Waals surface area contributed by atoms with E-state index in [4.69, 9.17) is 11.6 Å². The summed E-state index contributed by atoms with van der Waals surface area (Å²) in [6.45, 7) is 5.64. The van der Waals surface area contributed by atoms with E-state index in [9.17, 15) is 18.0 Å². The van der Waals surface area contributed by atoms with E-state index in [-0.39, 0.29) is 10.8 Å². The first-order chi connectivity index (χ1) is 17.1. The first kappa shape index (κ1) is 27.2. The van der Waals surface area contributed by atoms with Crippen LogP contribution in [0.3, 0.4) is 0 Å². The minimum absolute atomic E-state index is 0.0518. The number of carbonyl (C=O) groups is 2. The van der Waals surface area contributed by atoms with Crippen molar-refractivity contribution in [3.05, 3.63) is 88.4 Å². The van der Waals surface area contributed by atoms with Gasteiger partial charge in [0.15, 0.2) is 0 Å². The monoisotopic (exact) mass is 527 g/mol. The van der Waals surface area contributed by atoms with E-state index in [0.29, 0.717) is 34.1 Å². The van der Waals surface area contributed by atoms with E-state index in [1.54, 1.807) is 55.5 Å². The van der Waals surface area contributed by atoms with E-state index in [1.807, 2.05) is 13.8 Å². The molecule has 0 aromatic heterocycles. The molecule has 0 saturated carbocycles. The largest absolute Gasteiger partial charge is 0.352 e. The number of sulfonamides is 1. The molecule has 36 heavy (non-hydrogen) atoms. The normalized spacial score (nSPS) is 11.1. The molecule has 3 rings (SSSR count). The summed E-state index contributed by atoms with van der Waals surface area (Å²) in [6.07, 6.45) is 1.78. The van der Waals surface area contributed by atoms with Gasteiger partial charge in [-0.2, -0.15) is 0 Å². The van der Waals surface area contributed by atoms with Crippen LogP contribution in [0, 0.1) is 13.8 Å². The summed E-state index contributed by atoms with van der Waals surface area (Å²) in [7, 11) is -4.10. The Balaban J connectivity index is 1.93. The maximum atomic E-state index is 13.7. The van der Waals surface area contributed by atoms with Crippen molar-refractivity contribution in [2.24, 2.45) is 0 Å². The maximum absolute atomic E-state index is 13.7. The fraction of sp³-hybridized carbons (Fsp3) is 0.259. The Labute approximate surface area is 217 Å². The summed E-state index contributed by atoms with van der Waals surface area (Å²) in [5.41, 5.74) is 2.44. The van der Waals surface area contributed by atoms with Crippen molar-refractivity contribution in [2.75, 3.05) is 22.7 Å². The number of unbranched alkanes of at least 4 members (excludes halogenated alkanes) is 1. The number of aryl methyl sites for hydroxylation is 2. The van der Waals surface area contributed by atoms with Crippen LogP contribution in [0.5, 0.6) is 0 Å². The van der Waals surface area contributed by atoms with Gasteiger partial charge in [-0.1, -0.05) is 60.8 Å². The van der Waals surface area contributed by atoms with Gasteiger partial charge in [-0.3, -0.25) is 13.9 Å². The molecule has 0 atom stereocenters. The number of nitrogens with zero attached hydrogens (tertiary/aromatic N) is 1. The molecule has 2 N–H and O–H groups in total. The van der Waals surface area contributed by atoms with Crippen molar-refractivity contribution < 1.29 is 18.0 Å². The summed E-state index contributed by atoms with van der Waals surface area (Å²) in [5, 5.41) is 5.88. The van der Waals surface area contributed by atoms with Crippen LogP contribution in [-0.4, -0.2) is 33.3 Å². The highest BCUT2D eigenvalue weighted by molar-refractivity contribution is 7.92. The van der Waals surface area contributed by atoms with Crippen molar-refractivity contribution in [3.8, 4) is 0 Å². The zero-order valence-electron chi connectivity index (χ0n) is 20.5. The fourth-order valence-electron chi connectivity index (χ4n) is 3.57. The second-order valence-corrected chi connectivity index (χ2v) is 10.8. The second-order valence-electron chi connectivity index (χ2n) is 8.46. The van der Waals surface area contributed by atoms with E-state index >= 15 is 0 Å². The number of nitrogens with one attached hydrogen (secondary N) is 2. The molecule has 0 bridgehead atoms. The number of benzene rings is 3. The van der Waals surface area contributed by atoms with E-state index in [1.165, 1.54) is 18.2 Å². The van der Waals surface area contributed by atoms with Crippen molar-refractivity contribution in [3.63, 3.8) is 0 Å². The molecule has 9 heteroatoms. The minimum Gasteiger partial charge on any atom is -0.352 e. The molecular weight excluding hydrogens is 498 g/mol. The second kappa shape index (κ2) is 12.1. The first-order valence-electron chi connectivity index (χ1n) is 11.7. The highest BCUT2D eigenvalue weighted by Gasteiger charge is 2.29. The summed E-state index contributed by atoms with van der Waals surface area (Å²) < 4.78 is 28.4. The lowest BCUT2D eigenvalue weighted by Gasteiger charge is -2.26. The molecular formula is C27H30ClN3O4S. The van der Waals surface area contributed by atoms with Crippen LogP contribution in [0.4, 0.5) is 11.4 Å². The third-order valence-electron chi connectivity index (χ3n) is 5.60. The van der Waals surface area contributed by atoms with Crippen LogP contribution < -0.4 is 14.9 Å². The zero-order valence-corrected chi connectivity index (χ0v) is 22.1. The Bertz CT molecular complexity index is 1340. The van der Waals surface area contributed by atoms with E-state index in [0.717, 1.165) is 22.7 Å². The molecule has 2 amide bonds.